The lowest BCUT2D eigenvalue weighted by molar-refractivity contribution is -0.106. The predicted octanol–water partition coefficient (Wildman–Crippen LogP) is -1.28. The Hall–Kier alpha value is -2.50. The highest BCUT2D eigenvalue weighted by Gasteiger charge is 2.26. The Morgan fingerprint density at radius 2 is 1.26 bits per heavy atom. The van der Waals surface area contributed by atoms with Gasteiger partial charge in [-0.25, -0.2) is 34.3 Å². The summed E-state index contributed by atoms with van der Waals surface area (Å²) in [6.45, 7) is -0.00613. The third kappa shape index (κ3) is 6.77. The molecule has 2 aromatic heterocycles. The zero-order valence-corrected chi connectivity index (χ0v) is 18.8. The van der Waals surface area contributed by atoms with Crippen molar-refractivity contribution in [2.24, 2.45) is 0 Å². The molecule has 2 aromatic rings. The first kappa shape index (κ1) is 26.1. The molecular formula is C19H31N7O8. The van der Waals surface area contributed by atoms with Crippen molar-refractivity contribution in [2.75, 3.05) is 81.3 Å². The number of aromatic nitrogens is 4. The zero-order chi connectivity index (χ0) is 24.2. The minimum Gasteiger partial charge on any atom is -0.394 e. The molecule has 0 saturated carbocycles. The fourth-order valence-corrected chi connectivity index (χ4v) is 3.26. The number of hydrogen-bond donors (Lipinski definition) is 4. The van der Waals surface area contributed by atoms with Crippen LogP contribution in [0.1, 0.15) is 19.3 Å². The summed E-state index contributed by atoms with van der Waals surface area (Å²) >= 11 is 0. The van der Waals surface area contributed by atoms with E-state index in [0.29, 0.717) is 11.3 Å². The topological polar surface area (TPSA) is 179 Å². The number of anilines is 3. The van der Waals surface area contributed by atoms with E-state index in [-0.39, 0.29) is 70.1 Å². The normalized spacial score (nSPS) is 14.1. The van der Waals surface area contributed by atoms with Crippen LogP contribution in [0.3, 0.4) is 0 Å². The highest BCUT2D eigenvalue weighted by atomic mass is 17.0. The molecule has 1 aliphatic heterocycles. The molecule has 1 aliphatic rings. The van der Waals surface area contributed by atoms with Crippen LogP contribution in [-0.4, -0.2) is 106 Å². The van der Waals surface area contributed by atoms with E-state index < -0.39 is 0 Å². The Labute approximate surface area is 195 Å². The molecule has 0 unspecified atom stereocenters. The maximum absolute atomic E-state index is 9.19. The maximum Gasteiger partial charge on any atom is 0.280 e. The minimum absolute atomic E-state index is 0.0183. The van der Waals surface area contributed by atoms with Crippen molar-refractivity contribution in [1.29, 1.82) is 0 Å². The molecule has 0 atom stereocenters. The Morgan fingerprint density at radius 1 is 0.706 bits per heavy atom. The van der Waals surface area contributed by atoms with Gasteiger partial charge in [-0.15, -0.1) is 5.23 Å². The van der Waals surface area contributed by atoms with Gasteiger partial charge in [0, 0.05) is 13.1 Å². The van der Waals surface area contributed by atoms with E-state index >= 15 is 0 Å². The smallest absolute Gasteiger partial charge is 0.280 e. The molecule has 4 N–H and O–H groups in total. The van der Waals surface area contributed by atoms with Crippen LogP contribution in [0.5, 0.6) is 0 Å². The summed E-state index contributed by atoms with van der Waals surface area (Å²) in [7, 11) is 0. The lowest BCUT2D eigenvalue weighted by atomic mass is 10.1. The predicted molar refractivity (Wildman–Crippen MR) is 118 cm³/mol. The summed E-state index contributed by atoms with van der Waals surface area (Å²) in [5.74, 6) is 0.603. The second-order valence-electron chi connectivity index (χ2n) is 7.03. The van der Waals surface area contributed by atoms with E-state index in [2.05, 4.69) is 24.8 Å². The first-order chi connectivity index (χ1) is 16.7. The molecule has 1 fully saturated rings. The summed E-state index contributed by atoms with van der Waals surface area (Å²) in [6.07, 6.45) is 4.38. The zero-order valence-electron chi connectivity index (χ0n) is 18.8. The lowest BCUT2D eigenvalue weighted by Gasteiger charge is -2.30. The van der Waals surface area contributed by atoms with E-state index in [1.54, 1.807) is 0 Å². The molecule has 0 aliphatic carbocycles. The van der Waals surface area contributed by atoms with Gasteiger partial charge < -0.3 is 25.3 Å². The van der Waals surface area contributed by atoms with Crippen molar-refractivity contribution in [3.63, 3.8) is 0 Å². The molecule has 15 heteroatoms. The molecule has 1 saturated heterocycles. The SMILES string of the molecule is OCCON(OCCO)c1nc(N2CCCCC2)c2ncnc(N(OCCO)OCCO)c2n1. The molecule has 3 heterocycles. The maximum atomic E-state index is 9.19. The minimum atomic E-state index is -0.280. The number of hydrogen-bond acceptors (Lipinski definition) is 15. The van der Waals surface area contributed by atoms with Crippen molar-refractivity contribution in [2.45, 2.75) is 19.3 Å². The largest absolute Gasteiger partial charge is 0.394 e. The van der Waals surface area contributed by atoms with Crippen molar-refractivity contribution in [1.82, 2.24) is 19.9 Å². The first-order valence-corrected chi connectivity index (χ1v) is 11.1. The number of aliphatic hydroxyl groups excluding tert-OH is 4. The molecule has 0 amide bonds. The van der Waals surface area contributed by atoms with Gasteiger partial charge in [0.2, 0.25) is 5.82 Å². The van der Waals surface area contributed by atoms with Crippen molar-refractivity contribution >= 4 is 28.6 Å². The summed E-state index contributed by atoms with van der Waals surface area (Å²) in [5.41, 5.74) is 0.652. The van der Waals surface area contributed by atoms with Gasteiger partial charge in [0.1, 0.15) is 43.8 Å². The highest BCUT2D eigenvalue weighted by molar-refractivity contribution is 5.93. The van der Waals surface area contributed by atoms with Crippen molar-refractivity contribution in [3.05, 3.63) is 6.33 Å². The lowest BCUT2D eigenvalue weighted by Crippen LogP contribution is -2.33. The average Bonchev–Trinajstić information content (AvgIpc) is 2.88. The van der Waals surface area contributed by atoms with Crippen molar-refractivity contribution in [3.8, 4) is 0 Å². The second-order valence-corrected chi connectivity index (χ2v) is 7.03. The number of aliphatic hydroxyl groups is 4. The van der Waals surface area contributed by atoms with Crippen LogP contribution >= 0.6 is 0 Å². The molecule has 0 radical (unpaired) electrons. The summed E-state index contributed by atoms with van der Waals surface area (Å²) in [5, 5.41) is 38.7. The fraction of sp³-hybridized carbons (Fsp3) is 0.684. The van der Waals surface area contributed by atoms with Gasteiger partial charge in [0.15, 0.2) is 5.82 Å². The molecular weight excluding hydrogens is 454 g/mol. The Kier molecular flexibility index (Phi) is 10.8. The first-order valence-electron chi connectivity index (χ1n) is 11.1. The van der Waals surface area contributed by atoms with Gasteiger partial charge in [-0.1, -0.05) is 5.23 Å². The molecule has 0 spiro atoms. The number of rotatable bonds is 15. The van der Waals surface area contributed by atoms with Gasteiger partial charge in [-0.3, -0.25) is 0 Å². The van der Waals surface area contributed by atoms with Crippen LogP contribution in [0.25, 0.3) is 11.0 Å². The molecule has 3 rings (SSSR count). The van der Waals surface area contributed by atoms with E-state index in [1.165, 1.54) is 6.33 Å². The van der Waals surface area contributed by atoms with E-state index in [0.717, 1.165) is 42.8 Å². The van der Waals surface area contributed by atoms with Crippen LogP contribution in [0, 0.1) is 0 Å². The van der Waals surface area contributed by atoms with Gasteiger partial charge in [-0.2, -0.15) is 4.98 Å². The van der Waals surface area contributed by atoms with Gasteiger partial charge in [-0.05, 0) is 19.3 Å². The van der Waals surface area contributed by atoms with Gasteiger partial charge in [0.05, 0.1) is 26.4 Å². The molecule has 34 heavy (non-hydrogen) atoms. The van der Waals surface area contributed by atoms with Crippen LogP contribution in [0.15, 0.2) is 6.33 Å². The van der Waals surface area contributed by atoms with Gasteiger partial charge in [0.25, 0.3) is 5.95 Å². The van der Waals surface area contributed by atoms with Crippen LogP contribution in [0.2, 0.25) is 0 Å². The summed E-state index contributed by atoms with van der Waals surface area (Å²) in [6, 6.07) is 0. The Balaban J connectivity index is 2.12. The average molecular weight is 485 g/mol. The number of piperidine rings is 1. The molecule has 0 bridgehead atoms. The monoisotopic (exact) mass is 485 g/mol. The summed E-state index contributed by atoms with van der Waals surface area (Å²) < 4.78 is 0. The molecule has 15 nitrogen and oxygen atoms in total. The standard InChI is InChI=1S/C19H31N7O8/c27-6-10-31-25(32-11-7-28)17-16-15(20-14-21-17)18(24-4-2-1-3-5-24)23-19(22-16)26(33-12-8-29)34-13-9-30/h14,27-30H,1-13H2. The third-order valence-corrected chi connectivity index (χ3v) is 4.62. The van der Waals surface area contributed by atoms with E-state index in [9.17, 15) is 20.4 Å². The van der Waals surface area contributed by atoms with E-state index in [1.807, 2.05) is 0 Å². The van der Waals surface area contributed by atoms with Crippen molar-refractivity contribution < 1.29 is 39.8 Å². The van der Waals surface area contributed by atoms with Gasteiger partial charge >= 0.3 is 0 Å². The quantitative estimate of drug-likeness (QED) is 0.219. The Bertz CT molecular complexity index is 858. The van der Waals surface area contributed by atoms with Crippen LogP contribution in [0.4, 0.5) is 17.6 Å². The highest BCUT2D eigenvalue weighted by Crippen LogP contribution is 2.32. The molecule has 190 valence electrons. The fourth-order valence-electron chi connectivity index (χ4n) is 3.26. The van der Waals surface area contributed by atoms with Crippen LogP contribution < -0.4 is 15.4 Å². The third-order valence-electron chi connectivity index (χ3n) is 4.62. The van der Waals surface area contributed by atoms with Crippen LogP contribution in [-0.2, 0) is 19.4 Å². The summed E-state index contributed by atoms with van der Waals surface area (Å²) in [4.78, 5) is 41.5. The van der Waals surface area contributed by atoms with E-state index in [4.69, 9.17) is 19.4 Å². The number of nitrogens with zero attached hydrogens (tertiary/aromatic N) is 7. The molecule has 0 aromatic carbocycles. The second kappa shape index (κ2) is 14.0. The number of fused-ring (bicyclic) bond motifs is 1. The Morgan fingerprint density at radius 3 is 1.82 bits per heavy atom.